The van der Waals surface area contributed by atoms with E-state index in [4.69, 9.17) is 0 Å². The Bertz CT molecular complexity index is 761. The topological polar surface area (TPSA) is 100 Å². The van der Waals surface area contributed by atoms with Gasteiger partial charge in [0.1, 0.15) is 6.04 Å². The SMILES string of the molecule is CC(=O)N1C[C@H](O)C[C@H]1C(=O)NC(c1cccnc1)c1cnn(C)c1. The maximum Gasteiger partial charge on any atom is 0.243 e. The number of pyridine rings is 1. The number of nitrogens with zero attached hydrogens (tertiary/aromatic N) is 4. The lowest BCUT2D eigenvalue weighted by atomic mass is 10.0. The average molecular weight is 343 g/mol. The van der Waals surface area contributed by atoms with Gasteiger partial charge in [0.05, 0.1) is 18.3 Å². The Balaban J connectivity index is 1.85. The minimum atomic E-state index is -0.685. The minimum absolute atomic E-state index is 0.178. The van der Waals surface area contributed by atoms with Crippen molar-refractivity contribution in [2.24, 2.45) is 7.05 Å². The molecule has 0 radical (unpaired) electrons. The van der Waals surface area contributed by atoms with E-state index in [-0.39, 0.29) is 24.8 Å². The van der Waals surface area contributed by atoms with Gasteiger partial charge in [-0.3, -0.25) is 19.3 Å². The van der Waals surface area contributed by atoms with Crippen molar-refractivity contribution in [1.82, 2.24) is 25.0 Å². The number of rotatable bonds is 4. The molecule has 3 rings (SSSR count). The number of carbonyl (C=O) groups is 2. The van der Waals surface area contributed by atoms with Crippen LogP contribution in [0.4, 0.5) is 0 Å². The van der Waals surface area contributed by atoms with Gasteiger partial charge < -0.3 is 15.3 Å². The van der Waals surface area contributed by atoms with Crippen LogP contribution in [0.1, 0.15) is 30.5 Å². The maximum atomic E-state index is 12.8. The minimum Gasteiger partial charge on any atom is -0.391 e. The summed E-state index contributed by atoms with van der Waals surface area (Å²) in [6, 6.07) is 2.56. The van der Waals surface area contributed by atoms with Crippen LogP contribution in [0.2, 0.25) is 0 Å². The normalized spacial score (nSPS) is 21.2. The van der Waals surface area contributed by atoms with Crippen molar-refractivity contribution in [2.45, 2.75) is 31.5 Å². The van der Waals surface area contributed by atoms with E-state index in [9.17, 15) is 14.7 Å². The molecule has 0 saturated carbocycles. The maximum absolute atomic E-state index is 12.8. The lowest BCUT2D eigenvalue weighted by Gasteiger charge is -2.25. The summed E-state index contributed by atoms with van der Waals surface area (Å²) in [4.78, 5) is 30.1. The zero-order valence-electron chi connectivity index (χ0n) is 14.2. The number of hydrogen-bond donors (Lipinski definition) is 2. The number of aliphatic hydroxyl groups excluding tert-OH is 1. The van der Waals surface area contributed by atoms with Gasteiger partial charge in [-0.15, -0.1) is 0 Å². The van der Waals surface area contributed by atoms with E-state index in [1.54, 1.807) is 36.4 Å². The standard InChI is InChI=1S/C17H21N5O3/c1-11(23)22-10-14(24)6-15(22)17(25)20-16(12-4-3-5-18-7-12)13-8-19-21(2)9-13/h3-5,7-9,14-16,24H,6,10H2,1-2H3,(H,20,25)/t14-,15+,16?/m1/s1. The molecule has 3 atom stereocenters. The summed E-state index contributed by atoms with van der Waals surface area (Å²) in [7, 11) is 1.80. The molecule has 1 aliphatic heterocycles. The number of nitrogens with one attached hydrogen (secondary N) is 1. The number of aryl methyl sites for hydroxylation is 1. The van der Waals surface area contributed by atoms with E-state index in [1.807, 2.05) is 12.3 Å². The van der Waals surface area contributed by atoms with Crippen LogP contribution in [-0.2, 0) is 16.6 Å². The zero-order valence-corrected chi connectivity index (χ0v) is 14.2. The molecular weight excluding hydrogens is 322 g/mol. The van der Waals surface area contributed by atoms with Crippen LogP contribution in [0.15, 0.2) is 36.9 Å². The summed E-state index contributed by atoms with van der Waals surface area (Å²) in [5.74, 6) is -0.527. The van der Waals surface area contributed by atoms with Crippen LogP contribution < -0.4 is 5.32 Å². The van der Waals surface area contributed by atoms with Crippen LogP contribution in [-0.4, -0.2) is 55.3 Å². The Kier molecular flexibility index (Phi) is 4.80. The molecule has 8 nitrogen and oxygen atoms in total. The average Bonchev–Trinajstić information content (AvgIpc) is 3.19. The molecule has 0 spiro atoms. The van der Waals surface area contributed by atoms with Gasteiger partial charge in [-0.25, -0.2) is 0 Å². The van der Waals surface area contributed by atoms with Crippen molar-refractivity contribution in [3.8, 4) is 0 Å². The molecule has 0 aliphatic carbocycles. The predicted octanol–water partition coefficient (Wildman–Crippen LogP) is 0.00240. The molecule has 0 aromatic carbocycles. The monoisotopic (exact) mass is 343 g/mol. The van der Waals surface area contributed by atoms with E-state index >= 15 is 0 Å². The fourth-order valence-corrected chi connectivity index (χ4v) is 3.14. The van der Waals surface area contributed by atoms with E-state index in [0.29, 0.717) is 0 Å². The van der Waals surface area contributed by atoms with Gasteiger partial charge in [-0.1, -0.05) is 6.07 Å². The highest BCUT2D eigenvalue weighted by atomic mass is 16.3. The second kappa shape index (κ2) is 7.02. The van der Waals surface area contributed by atoms with E-state index < -0.39 is 18.2 Å². The number of carbonyl (C=O) groups excluding carboxylic acids is 2. The number of β-amino-alcohol motifs (C(OH)–C–C–N with tert-alkyl or cyclic N) is 1. The summed E-state index contributed by atoms with van der Waals surface area (Å²) in [6.45, 7) is 1.58. The highest BCUT2D eigenvalue weighted by Crippen LogP contribution is 2.24. The Morgan fingerprint density at radius 2 is 2.16 bits per heavy atom. The third-order valence-corrected chi connectivity index (χ3v) is 4.35. The van der Waals surface area contributed by atoms with E-state index in [1.165, 1.54) is 11.8 Å². The molecule has 1 saturated heterocycles. The van der Waals surface area contributed by atoms with Crippen molar-refractivity contribution in [1.29, 1.82) is 0 Å². The first kappa shape index (κ1) is 17.1. The fraction of sp³-hybridized carbons (Fsp3) is 0.412. The molecule has 1 aliphatic rings. The Morgan fingerprint density at radius 1 is 1.36 bits per heavy atom. The first-order valence-electron chi connectivity index (χ1n) is 8.10. The summed E-state index contributed by atoms with van der Waals surface area (Å²) < 4.78 is 1.66. The smallest absolute Gasteiger partial charge is 0.243 e. The van der Waals surface area contributed by atoms with Crippen LogP contribution in [0.5, 0.6) is 0 Å². The first-order chi connectivity index (χ1) is 12.0. The van der Waals surface area contributed by atoms with Crippen molar-refractivity contribution >= 4 is 11.8 Å². The number of amides is 2. The van der Waals surface area contributed by atoms with E-state index in [2.05, 4.69) is 15.4 Å². The largest absolute Gasteiger partial charge is 0.391 e. The highest BCUT2D eigenvalue weighted by Gasteiger charge is 2.38. The molecular formula is C17H21N5O3. The molecule has 3 heterocycles. The van der Waals surface area contributed by atoms with Crippen LogP contribution in [0, 0.1) is 0 Å². The van der Waals surface area contributed by atoms with Gasteiger partial charge in [0.25, 0.3) is 0 Å². The number of hydrogen-bond acceptors (Lipinski definition) is 5. The van der Waals surface area contributed by atoms with Crippen LogP contribution in [0.25, 0.3) is 0 Å². The number of aromatic nitrogens is 3. The molecule has 2 aromatic heterocycles. The van der Waals surface area contributed by atoms with Crippen LogP contribution in [0.3, 0.4) is 0 Å². The molecule has 132 valence electrons. The third kappa shape index (κ3) is 3.69. The summed E-state index contributed by atoms with van der Waals surface area (Å²) >= 11 is 0. The fourth-order valence-electron chi connectivity index (χ4n) is 3.14. The van der Waals surface area contributed by atoms with Gasteiger partial charge in [-0.05, 0) is 11.6 Å². The molecule has 2 amide bonds. The molecule has 1 fully saturated rings. The Labute approximate surface area is 145 Å². The van der Waals surface area contributed by atoms with E-state index in [0.717, 1.165) is 11.1 Å². The van der Waals surface area contributed by atoms with Crippen molar-refractivity contribution in [2.75, 3.05) is 6.54 Å². The lowest BCUT2D eigenvalue weighted by molar-refractivity contribution is -0.137. The highest BCUT2D eigenvalue weighted by molar-refractivity contribution is 5.88. The van der Waals surface area contributed by atoms with Crippen LogP contribution >= 0.6 is 0 Å². The molecule has 1 unspecified atom stereocenters. The summed E-state index contributed by atoms with van der Waals surface area (Å²) in [5, 5.41) is 17.0. The van der Waals surface area contributed by atoms with Gasteiger partial charge in [0.2, 0.25) is 11.8 Å². The lowest BCUT2D eigenvalue weighted by Crippen LogP contribution is -2.46. The zero-order chi connectivity index (χ0) is 18.0. The molecule has 25 heavy (non-hydrogen) atoms. The van der Waals surface area contributed by atoms with Crippen molar-refractivity contribution in [3.63, 3.8) is 0 Å². The first-order valence-corrected chi connectivity index (χ1v) is 8.10. The molecule has 8 heteroatoms. The van der Waals surface area contributed by atoms with Gasteiger partial charge in [0.15, 0.2) is 0 Å². The number of likely N-dealkylation sites (tertiary alicyclic amines) is 1. The van der Waals surface area contributed by atoms with Crippen molar-refractivity contribution in [3.05, 3.63) is 48.0 Å². The Morgan fingerprint density at radius 3 is 2.76 bits per heavy atom. The summed E-state index contributed by atoms with van der Waals surface area (Å²) in [6.07, 6.45) is 6.41. The second-order valence-electron chi connectivity index (χ2n) is 6.25. The van der Waals surface area contributed by atoms with Crippen molar-refractivity contribution < 1.29 is 14.7 Å². The molecule has 0 bridgehead atoms. The number of aliphatic hydroxyl groups is 1. The summed E-state index contributed by atoms with van der Waals surface area (Å²) in [5.41, 5.74) is 1.63. The molecule has 2 aromatic rings. The predicted molar refractivity (Wildman–Crippen MR) is 89.2 cm³/mol. The van der Waals surface area contributed by atoms with Gasteiger partial charge in [0, 0.05) is 51.1 Å². The quantitative estimate of drug-likeness (QED) is 0.814. The van der Waals surface area contributed by atoms with Gasteiger partial charge in [-0.2, -0.15) is 5.10 Å². The second-order valence-corrected chi connectivity index (χ2v) is 6.25. The Hall–Kier alpha value is -2.74. The third-order valence-electron chi connectivity index (χ3n) is 4.35. The molecule has 2 N–H and O–H groups in total. The van der Waals surface area contributed by atoms with Gasteiger partial charge >= 0.3 is 0 Å².